The SMILES string of the molecule is Cc1nnsc1C(=O)c1cc(CO[Si](c2ccccc2)(c2ccccc2)C(C)(C)C)c(N2C[C@@H](C)O[C@@H](C)C2)c(F)c1F. The maximum atomic E-state index is 16.3. The van der Waals surface area contributed by atoms with Gasteiger partial charge >= 0.3 is 0 Å². The Balaban J connectivity index is 1.68. The van der Waals surface area contributed by atoms with Crippen molar-refractivity contribution < 1.29 is 22.7 Å². The minimum atomic E-state index is -3.03. The number of nitrogens with zero attached hydrogens (tertiary/aromatic N) is 3. The molecule has 1 saturated heterocycles. The van der Waals surface area contributed by atoms with E-state index in [4.69, 9.17) is 9.16 Å². The molecule has 0 bridgehead atoms. The maximum absolute atomic E-state index is 16.3. The molecule has 3 aromatic carbocycles. The van der Waals surface area contributed by atoms with E-state index in [-0.39, 0.29) is 40.0 Å². The number of ketones is 1. The zero-order valence-electron chi connectivity index (χ0n) is 25.4. The molecule has 5 rings (SSSR count). The fourth-order valence-electron chi connectivity index (χ4n) is 6.16. The van der Waals surface area contributed by atoms with E-state index in [0.29, 0.717) is 24.3 Å². The lowest BCUT2D eigenvalue weighted by molar-refractivity contribution is -0.00553. The van der Waals surface area contributed by atoms with Gasteiger partial charge in [0.15, 0.2) is 11.6 Å². The predicted octanol–water partition coefficient (Wildman–Crippen LogP) is 6.05. The molecule has 1 fully saturated rings. The topological polar surface area (TPSA) is 64.5 Å². The fourth-order valence-corrected chi connectivity index (χ4v) is 11.3. The van der Waals surface area contributed by atoms with Crippen LogP contribution >= 0.6 is 11.5 Å². The fraction of sp³-hybridized carbons (Fsp3) is 0.364. The summed E-state index contributed by atoms with van der Waals surface area (Å²) in [7, 11) is -3.03. The van der Waals surface area contributed by atoms with E-state index in [1.165, 1.54) is 6.07 Å². The van der Waals surface area contributed by atoms with E-state index in [0.717, 1.165) is 21.9 Å². The van der Waals surface area contributed by atoms with Crippen molar-refractivity contribution in [2.45, 2.75) is 65.4 Å². The van der Waals surface area contributed by atoms with Crippen LogP contribution in [0.4, 0.5) is 14.5 Å². The number of benzene rings is 3. The summed E-state index contributed by atoms with van der Waals surface area (Å²) < 4.78 is 49.0. The highest BCUT2D eigenvalue weighted by atomic mass is 32.1. The molecule has 226 valence electrons. The van der Waals surface area contributed by atoms with Crippen molar-refractivity contribution >= 4 is 41.7 Å². The Labute approximate surface area is 257 Å². The Morgan fingerprint density at radius 1 is 1.00 bits per heavy atom. The Morgan fingerprint density at radius 2 is 1.56 bits per heavy atom. The van der Waals surface area contributed by atoms with Crippen molar-refractivity contribution in [1.29, 1.82) is 0 Å². The van der Waals surface area contributed by atoms with Gasteiger partial charge in [-0.3, -0.25) is 4.79 Å². The van der Waals surface area contributed by atoms with Gasteiger partial charge in [-0.2, -0.15) is 0 Å². The van der Waals surface area contributed by atoms with Crippen LogP contribution in [-0.4, -0.2) is 49.0 Å². The van der Waals surface area contributed by atoms with Crippen LogP contribution in [0.3, 0.4) is 0 Å². The molecule has 2 heterocycles. The summed E-state index contributed by atoms with van der Waals surface area (Å²) in [6.07, 6.45) is -0.382. The molecule has 0 amide bonds. The van der Waals surface area contributed by atoms with Crippen LogP contribution in [0, 0.1) is 18.6 Å². The third kappa shape index (κ3) is 5.93. The van der Waals surface area contributed by atoms with Crippen molar-refractivity contribution in [3.63, 3.8) is 0 Å². The number of anilines is 1. The molecule has 10 heteroatoms. The van der Waals surface area contributed by atoms with Gasteiger partial charge in [-0.05, 0) is 53.8 Å². The van der Waals surface area contributed by atoms with Crippen LogP contribution < -0.4 is 15.3 Å². The second-order valence-corrected chi connectivity index (χ2v) is 17.3. The second kappa shape index (κ2) is 12.4. The number of hydrogen-bond acceptors (Lipinski definition) is 7. The van der Waals surface area contributed by atoms with E-state index >= 15 is 8.78 Å². The average molecular weight is 622 g/mol. The second-order valence-electron chi connectivity index (χ2n) is 12.2. The van der Waals surface area contributed by atoms with Crippen molar-refractivity contribution in [3.05, 3.63) is 100 Å². The average Bonchev–Trinajstić information content (AvgIpc) is 3.40. The number of aromatic nitrogens is 2. The monoisotopic (exact) mass is 621 g/mol. The first-order chi connectivity index (χ1) is 20.4. The summed E-state index contributed by atoms with van der Waals surface area (Å²) >= 11 is 0.870. The molecule has 0 spiro atoms. The van der Waals surface area contributed by atoms with Crippen molar-refractivity contribution in [1.82, 2.24) is 9.59 Å². The van der Waals surface area contributed by atoms with Crippen molar-refractivity contribution in [3.8, 4) is 0 Å². The first-order valence-electron chi connectivity index (χ1n) is 14.4. The Bertz CT molecular complexity index is 1540. The molecule has 0 radical (unpaired) electrons. The molecular weight excluding hydrogens is 585 g/mol. The van der Waals surface area contributed by atoms with E-state index in [9.17, 15) is 4.79 Å². The van der Waals surface area contributed by atoms with Gasteiger partial charge in [0, 0.05) is 18.7 Å². The van der Waals surface area contributed by atoms with E-state index in [1.807, 2.05) is 55.1 Å². The van der Waals surface area contributed by atoms with Crippen LogP contribution in [0.25, 0.3) is 0 Å². The lowest BCUT2D eigenvalue weighted by Gasteiger charge is -2.43. The highest BCUT2D eigenvalue weighted by Crippen LogP contribution is 2.39. The van der Waals surface area contributed by atoms with E-state index < -0.39 is 25.7 Å². The quantitative estimate of drug-likeness (QED) is 0.177. The van der Waals surface area contributed by atoms with Gasteiger partial charge in [0.25, 0.3) is 8.32 Å². The number of hydrogen-bond donors (Lipinski definition) is 0. The number of carbonyl (C=O) groups is 1. The van der Waals surface area contributed by atoms with Crippen LogP contribution in [0.2, 0.25) is 5.04 Å². The molecule has 6 nitrogen and oxygen atoms in total. The molecule has 1 aliphatic heterocycles. The minimum Gasteiger partial charge on any atom is -0.403 e. The number of ether oxygens (including phenoxy) is 1. The highest BCUT2D eigenvalue weighted by molar-refractivity contribution is 7.08. The predicted molar refractivity (Wildman–Crippen MR) is 169 cm³/mol. The molecule has 1 aromatic heterocycles. The zero-order chi connectivity index (χ0) is 30.9. The summed E-state index contributed by atoms with van der Waals surface area (Å²) in [6.45, 7) is 12.6. The van der Waals surface area contributed by atoms with Crippen molar-refractivity contribution in [2.75, 3.05) is 18.0 Å². The number of morpholine rings is 1. The number of carbonyl (C=O) groups excluding carboxylic acids is 1. The largest absolute Gasteiger partial charge is 0.403 e. The van der Waals surface area contributed by atoms with Gasteiger partial charge in [0.2, 0.25) is 5.78 Å². The summed E-state index contributed by atoms with van der Waals surface area (Å²) in [6, 6.07) is 21.7. The van der Waals surface area contributed by atoms with Gasteiger partial charge in [-0.1, -0.05) is 85.9 Å². The van der Waals surface area contributed by atoms with Crippen LogP contribution in [0.1, 0.15) is 61.1 Å². The van der Waals surface area contributed by atoms with Gasteiger partial charge < -0.3 is 14.1 Å². The molecule has 43 heavy (non-hydrogen) atoms. The number of rotatable bonds is 8. The summed E-state index contributed by atoms with van der Waals surface area (Å²) in [5, 5.41) is 5.69. The first-order valence-corrected chi connectivity index (χ1v) is 17.1. The minimum absolute atomic E-state index is 0.0276. The summed E-state index contributed by atoms with van der Waals surface area (Å²) in [5.41, 5.74) is 0.533. The van der Waals surface area contributed by atoms with Gasteiger partial charge in [-0.25, -0.2) is 8.78 Å². The molecule has 0 saturated carbocycles. The van der Waals surface area contributed by atoms with Crippen molar-refractivity contribution in [2.24, 2.45) is 0 Å². The van der Waals surface area contributed by atoms with E-state index in [2.05, 4.69) is 54.6 Å². The number of aryl methyl sites for hydroxylation is 1. The van der Waals surface area contributed by atoms with Crippen LogP contribution in [-0.2, 0) is 15.8 Å². The molecule has 2 atom stereocenters. The van der Waals surface area contributed by atoms with Crippen LogP contribution in [0.15, 0.2) is 66.7 Å². The van der Waals surface area contributed by atoms with Gasteiger partial charge in [0.1, 0.15) is 4.88 Å². The molecule has 4 aromatic rings. The lowest BCUT2D eigenvalue weighted by atomic mass is 10.0. The summed E-state index contributed by atoms with van der Waals surface area (Å²) in [4.78, 5) is 15.5. The normalized spacial score (nSPS) is 17.7. The molecule has 0 N–H and O–H groups in total. The zero-order valence-corrected chi connectivity index (χ0v) is 27.2. The van der Waals surface area contributed by atoms with Gasteiger partial charge in [-0.15, -0.1) is 5.10 Å². The third-order valence-corrected chi connectivity index (χ3v) is 13.8. The van der Waals surface area contributed by atoms with Crippen LogP contribution in [0.5, 0.6) is 0 Å². The van der Waals surface area contributed by atoms with Gasteiger partial charge in [0.05, 0.1) is 35.8 Å². The third-order valence-electron chi connectivity index (χ3n) is 7.96. The molecule has 1 aliphatic rings. The molecular formula is C33H37F2N3O3SSi. The first kappa shape index (κ1) is 31.1. The standard InChI is InChI=1S/C33H37F2N3O3SSi/c1-21-18-38(19-22(2)41-21)30-24(17-27(28(34)29(30)35)31(39)32-23(3)36-37-42-32)20-40-43(33(4,5)6,25-13-9-7-10-14-25)26-15-11-8-12-16-26/h7-17,21-22H,18-20H2,1-6H3/t21-,22+. The molecule has 0 aliphatic carbocycles. The Morgan fingerprint density at radius 3 is 2.05 bits per heavy atom. The Kier molecular flexibility index (Phi) is 8.94. The smallest absolute Gasteiger partial charge is 0.261 e. The molecule has 0 unspecified atom stereocenters. The number of halogens is 2. The van der Waals surface area contributed by atoms with E-state index in [1.54, 1.807) is 6.92 Å². The lowest BCUT2D eigenvalue weighted by Crippen LogP contribution is -2.66. The Hall–Kier alpha value is -3.31. The maximum Gasteiger partial charge on any atom is 0.261 e. The highest BCUT2D eigenvalue weighted by Gasteiger charge is 2.50. The summed E-state index contributed by atoms with van der Waals surface area (Å²) in [5.74, 6) is -2.90.